The molecule has 0 saturated carbocycles. The summed E-state index contributed by atoms with van der Waals surface area (Å²) in [6, 6.07) is 8.94. The molecule has 0 fully saturated rings. The average Bonchev–Trinajstić information content (AvgIpc) is 2.47. The standard InChI is InChI=1S/C16H14ClFO3/c1-10-3-4-11(17)7-16(10)21-9-14(19)13-8-12(18)5-6-15(13)20-2/h3-8H,9H2,1-2H3. The lowest BCUT2D eigenvalue weighted by atomic mass is 10.1. The Kier molecular flexibility index (Phi) is 4.81. The van der Waals surface area contributed by atoms with Crippen molar-refractivity contribution in [2.75, 3.05) is 13.7 Å². The van der Waals surface area contributed by atoms with Crippen molar-refractivity contribution in [3.8, 4) is 11.5 Å². The van der Waals surface area contributed by atoms with Gasteiger partial charge in [-0.15, -0.1) is 0 Å². The highest BCUT2D eigenvalue weighted by atomic mass is 35.5. The molecule has 0 heterocycles. The van der Waals surface area contributed by atoms with Crippen molar-refractivity contribution >= 4 is 17.4 Å². The summed E-state index contributed by atoms with van der Waals surface area (Å²) in [7, 11) is 1.42. The van der Waals surface area contributed by atoms with Crippen molar-refractivity contribution in [1.82, 2.24) is 0 Å². The molecular formula is C16H14ClFO3. The van der Waals surface area contributed by atoms with Gasteiger partial charge in [0.25, 0.3) is 0 Å². The van der Waals surface area contributed by atoms with Gasteiger partial charge in [0, 0.05) is 5.02 Å². The molecular weight excluding hydrogens is 295 g/mol. The van der Waals surface area contributed by atoms with E-state index in [1.165, 1.54) is 19.2 Å². The van der Waals surface area contributed by atoms with E-state index in [2.05, 4.69) is 0 Å². The van der Waals surface area contributed by atoms with E-state index in [0.717, 1.165) is 11.6 Å². The predicted octanol–water partition coefficient (Wildman–Crippen LogP) is 4.06. The summed E-state index contributed by atoms with van der Waals surface area (Å²) in [6.07, 6.45) is 0. The summed E-state index contributed by atoms with van der Waals surface area (Å²) in [4.78, 5) is 12.1. The van der Waals surface area contributed by atoms with Crippen molar-refractivity contribution in [2.45, 2.75) is 6.92 Å². The number of ketones is 1. The topological polar surface area (TPSA) is 35.5 Å². The first-order chi connectivity index (χ1) is 10.0. The molecule has 3 nitrogen and oxygen atoms in total. The van der Waals surface area contributed by atoms with Crippen LogP contribution in [-0.2, 0) is 0 Å². The van der Waals surface area contributed by atoms with E-state index >= 15 is 0 Å². The van der Waals surface area contributed by atoms with Crippen LogP contribution in [0.15, 0.2) is 36.4 Å². The Bertz CT molecular complexity index is 671. The molecule has 0 atom stereocenters. The van der Waals surface area contributed by atoms with Gasteiger partial charge in [0.15, 0.2) is 6.61 Å². The second kappa shape index (κ2) is 6.59. The van der Waals surface area contributed by atoms with Gasteiger partial charge in [0.1, 0.15) is 17.3 Å². The van der Waals surface area contributed by atoms with E-state index < -0.39 is 5.82 Å². The predicted molar refractivity (Wildman–Crippen MR) is 79.0 cm³/mol. The highest BCUT2D eigenvalue weighted by molar-refractivity contribution is 6.30. The Labute approximate surface area is 127 Å². The second-order valence-electron chi connectivity index (χ2n) is 4.47. The van der Waals surface area contributed by atoms with Gasteiger partial charge < -0.3 is 9.47 Å². The number of carbonyl (C=O) groups excluding carboxylic acids is 1. The lowest BCUT2D eigenvalue weighted by Gasteiger charge is -2.11. The van der Waals surface area contributed by atoms with Gasteiger partial charge in [-0.1, -0.05) is 17.7 Å². The van der Waals surface area contributed by atoms with E-state index in [1.807, 2.05) is 6.92 Å². The maximum Gasteiger partial charge on any atom is 0.204 e. The van der Waals surface area contributed by atoms with Crippen LogP contribution in [0.2, 0.25) is 5.02 Å². The second-order valence-corrected chi connectivity index (χ2v) is 4.90. The van der Waals surface area contributed by atoms with E-state index in [-0.39, 0.29) is 18.0 Å². The molecule has 5 heteroatoms. The normalized spacial score (nSPS) is 10.3. The first-order valence-electron chi connectivity index (χ1n) is 6.27. The Balaban J connectivity index is 2.15. The number of rotatable bonds is 5. The summed E-state index contributed by atoms with van der Waals surface area (Å²) in [6.45, 7) is 1.62. The molecule has 0 unspecified atom stereocenters. The van der Waals surface area contributed by atoms with Gasteiger partial charge in [0.05, 0.1) is 12.7 Å². The lowest BCUT2D eigenvalue weighted by molar-refractivity contribution is 0.0917. The molecule has 0 spiro atoms. The van der Waals surface area contributed by atoms with Gasteiger partial charge in [-0.3, -0.25) is 4.79 Å². The van der Waals surface area contributed by atoms with Gasteiger partial charge in [-0.2, -0.15) is 0 Å². The Morgan fingerprint density at radius 1 is 1.19 bits per heavy atom. The maximum absolute atomic E-state index is 13.3. The van der Waals surface area contributed by atoms with Crippen LogP contribution in [0.1, 0.15) is 15.9 Å². The Hall–Kier alpha value is -2.07. The van der Waals surface area contributed by atoms with E-state index in [0.29, 0.717) is 16.5 Å². The fourth-order valence-electron chi connectivity index (χ4n) is 1.85. The minimum Gasteiger partial charge on any atom is -0.496 e. The van der Waals surface area contributed by atoms with Gasteiger partial charge in [-0.05, 0) is 42.8 Å². The van der Waals surface area contributed by atoms with Crippen LogP contribution in [-0.4, -0.2) is 19.5 Å². The molecule has 0 aliphatic carbocycles. The monoisotopic (exact) mass is 308 g/mol. The van der Waals surface area contributed by atoms with Gasteiger partial charge in [0.2, 0.25) is 5.78 Å². The number of halogens is 2. The number of aryl methyl sites for hydroxylation is 1. The number of methoxy groups -OCH3 is 1. The number of benzene rings is 2. The molecule has 2 rings (SSSR count). The molecule has 21 heavy (non-hydrogen) atoms. The summed E-state index contributed by atoms with van der Waals surface area (Å²) in [5.74, 6) is -0.0390. The third-order valence-corrected chi connectivity index (χ3v) is 3.21. The molecule has 110 valence electrons. The number of carbonyl (C=O) groups is 1. The van der Waals surface area contributed by atoms with Crippen LogP contribution in [0.4, 0.5) is 4.39 Å². The van der Waals surface area contributed by atoms with Crippen LogP contribution < -0.4 is 9.47 Å². The van der Waals surface area contributed by atoms with Crippen LogP contribution in [0.5, 0.6) is 11.5 Å². The molecule has 0 bridgehead atoms. The molecule has 0 saturated heterocycles. The Morgan fingerprint density at radius 2 is 1.95 bits per heavy atom. The third-order valence-electron chi connectivity index (χ3n) is 2.97. The summed E-state index contributed by atoms with van der Waals surface area (Å²) >= 11 is 5.88. The van der Waals surface area contributed by atoms with E-state index in [1.54, 1.807) is 18.2 Å². The minimum absolute atomic E-state index is 0.150. The average molecular weight is 309 g/mol. The van der Waals surface area contributed by atoms with Crippen molar-refractivity contribution in [3.63, 3.8) is 0 Å². The number of hydrogen-bond acceptors (Lipinski definition) is 3. The fourth-order valence-corrected chi connectivity index (χ4v) is 2.01. The number of ether oxygens (including phenoxy) is 2. The van der Waals surface area contributed by atoms with Crippen LogP contribution >= 0.6 is 11.6 Å². The first kappa shape index (κ1) is 15.3. The molecule has 0 aromatic heterocycles. The highest BCUT2D eigenvalue weighted by Crippen LogP contribution is 2.24. The number of hydrogen-bond donors (Lipinski definition) is 0. The molecule has 0 aliphatic rings. The molecule has 0 N–H and O–H groups in total. The van der Waals surface area contributed by atoms with Crippen molar-refractivity contribution < 1.29 is 18.7 Å². The highest BCUT2D eigenvalue weighted by Gasteiger charge is 2.14. The molecule has 0 radical (unpaired) electrons. The molecule has 0 amide bonds. The molecule has 0 aliphatic heterocycles. The zero-order chi connectivity index (χ0) is 15.4. The quantitative estimate of drug-likeness (QED) is 0.781. The van der Waals surface area contributed by atoms with Gasteiger partial charge in [-0.25, -0.2) is 4.39 Å². The van der Waals surface area contributed by atoms with Crippen molar-refractivity contribution in [1.29, 1.82) is 0 Å². The van der Waals surface area contributed by atoms with Crippen LogP contribution in [0, 0.1) is 12.7 Å². The maximum atomic E-state index is 13.3. The van der Waals surface area contributed by atoms with E-state index in [4.69, 9.17) is 21.1 Å². The Morgan fingerprint density at radius 3 is 2.67 bits per heavy atom. The zero-order valence-corrected chi connectivity index (χ0v) is 12.4. The summed E-state index contributed by atoms with van der Waals surface area (Å²) < 4.78 is 23.8. The summed E-state index contributed by atoms with van der Waals surface area (Å²) in [5, 5.41) is 0.520. The lowest BCUT2D eigenvalue weighted by Crippen LogP contribution is -2.13. The SMILES string of the molecule is COc1ccc(F)cc1C(=O)COc1cc(Cl)ccc1C. The largest absolute Gasteiger partial charge is 0.496 e. The van der Waals surface area contributed by atoms with Crippen molar-refractivity contribution in [3.05, 3.63) is 58.4 Å². The smallest absolute Gasteiger partial charge is 0.204 e. The number of Topliss-reactive ketones (excluding diaryl/α,β-unsaturated/α-hetero) is 1. The first-order valence-corrected chi connectivity index (χ1v) is 6.64. The zero-order valence-electron chi connectivity index (χ0n) is 11.7. The molecule has 2 aromatic carbocycles. The molecule has 2 aromatic rings. The summed E-state index contributed by atoms with van der Waals surface area (Å²) in [5.41, 5.74) is 1.01. The van der Waals surface area contributed by atoms with Crippen LogP contribution in [0.25, 0.3) is 0 Å². The fraction of sp³-hybridized carbons (Fsp3) is 0.188. The minimum atomic E-state index is -0.502. The van der Waals surface area contributed by atoms with Crippen LogP contribution in [0.3, 0.4) is 0 Å². The van der Waals surface area contributed by atoms with E-state index in [9.17, 15) is 9.18 Å². The van der Waals surface area contributed by atoms with Gasteiger partial charge >= 0.3 is 0 Å². The third kappa shape index (κ3) is 3.73. The van der Waals surface area contributed by atoms with Crippen molar-refractivity contribution in [2.24, 2.45) is 0 Å².